The van der Waals surface area contributed by atoms with Crippen LogP contribution in [0.25, 0.3) is 0 Å². The van der Waals surface area contributed by atoms with Gasteiger partial charge in [0.25, 0.3) is 5.91 Å². The van der Waals surface area contributed by atoms with E-state index in [2.05, 4.69) is 26.1 Å². The number of benzene rings is 1. The number of likely N-dealkylation sites (tertiary alicyclic amines) is 1. The van der Waals surface area contributed by atoms with Gasteiger partial charge >= 0.3 is 0 Å². The number of nitrogen functional groups attached to an aromatic ring is 1. The number of halogens is 1. The summed E-state index contributed by atoms with van der Waals surface area (Å²) in [7, 11) is 0. The fourth-order valence-electron chi connectivity index (χ4n) is 2.62. The molecular weight excluding hydrogens is 318 g/mol. The van der Waals surface area contributed by atoms with Gasteiger partial charge in [0.2, 0.25) is 0 Å². The van der Waals surface area contributed by atoms with E-state index in [0.717, 1.165) is 24.1 Å². The van der Waals surface area contributed by atoms with Crippen LogP contribution in [-0.2, 0) is 0 Å². The molecule has 20 heavy (non-hydrogen) atoms. The molecule has 1 unspecified atom stereocenters. The van der Waals surface area contributed by atoms with E-state index in [-0.39, 0.29) is 11.9 Å². The lowest BCUT2D eigenvalue weighted by Gasteiger charge is -2.29. The van der Waals surface area contributed by atoms with Crippen molar-refractivity contribution in [3.63, 3.8) is 0 Å². The molecule has 0 aliphatic carbocycles. The number of nitrogens with zero attached hydrogens (tertiary/aromatic N) is 1. The first kappa shape index (κ1) is 15.3. The lowest BCUT2D eigenvalue weighted by molar-refractivity contribution is 0.0926. The summed E-state index contributed by atoms with van der Waals surface area (Å²) in [6.07, 6.45) is 3.85. The monoisotopic (exact) mass is 339 g/mol. The molecular formula is C15H22BrN3O. The molecule has 4 nitrogen and oxygen atoms in total. The maximum Gasteiger partial charge on any atom is 0.253 e. The molecule has 2 rings (SSSR count). The largest absolute Gasteiger partial charge is 0.398 e. The van der Waals surface area contributed by atoms with Crippen molar-refractivity contribution in [2.45, 2.75) is 32.2 Å². The molecule has 5 heteroatoms. The third kappa shape index (κ3) is 4.21. The van der Waals surface area contributed by atoms with Crippen molar-refractivity contribution in [2.24, 2.45) is 0 Å². The predicted octanol–water partition coefficient (Wildman–Crippen LogP) is 2.64. The van der Waals surface area contributed by atoms with Crippen LogP contribution in [-0.4, -0.2) is 36.5 Å². The molecule has 3 N–H and O–H groups in total. The standard InChI is InChI=1S/C15H22BrN3O/c1-11(10-19-7-3-2-4-8-19)18-15(20)13-6-5-12(16)9-14(13)17/h5-6,9,11H,2-4,7-8,10,17H2,1H3,(H,18,20). The fraction of sp³-hybridized carbons (Fsp3) is 0.533. The molecule has 1 amide bonds. The molecule has 1 aliphatic rings. The first-order valence-corrected chi connectivity index (χ1v) is 7.94. The first-order chi connectivity index (χ1) is 9.56. The van der Waals surface area contributed by atoms with E-state index >= 15 is 0 Å². The second-order valence-corrected chi connectivity index (χ2v) is 6.38. The average Bonchev–Trinajstić information content (AvgIpc) is 2.39. The van der Waals surface area contributed by atoms with Gasteiger partial charge in [-0.15, -0.1) is 0 Å². The van der Waals surface area contributed by atoms with Crippen molar-refractivity contribution in [2.75, 3.05) is 25.4 Å². The summed E-state index contributed by atoms with van der Waals surface area (Å²) in [6, 6.07) is 5.47. The van der Waals surface area contributed by atoms with Gasteiger partial charge in [-0.3, -0.25) is 4.79 Å². The Morgan fingerprint density at radius 1 is 1.40 bits per heavy atom. The Morgan fingerprint density at radius 3 is 2.75 bits per heavy atom. The van der Waals surface area contributed by atoms with E-state index in [9.17, 15) is 4.79 Å². The maximum absolute atomic E-state index is 12.2. The van der Waals surface area contributed by atoms with Gasteiger partial charge in [-0.05, 0) is 51.1 Å². The Hall–Kier alpha value is -1.07. The van der Waals surface area contributed by atoms with Gasteiger partial charge in [-0.2, -0.15) is 0 Å². The van der Waals surface area contributed by atoms with Crippen LogP contribution in [0.15, 0.2) is 22.7 Å². The van der Waals surface area contributed by atoms with Crippen molar-refractivity contribution in [1.82, 2.24) is 10.2 Å². The minimum atomic E-state index is -0.0977. The van der Waals surface area contributed by atoms with E-state index in [1.54, 1.807) is 12.1 Å². The third-order valence-electron chi connectivity index (χ3n) is 3.62. The summed E-state index contributed by atoms with van der Waals surface area (Å²) >= 11 is 3.34. The number of hydrogen-bond acceptors (Lipinski definition) is 3. The number of amides is 1. The smallest absolute Gasteiger partial charge is 0.253 e. The molecule has 0 bridgehead atoms. The van der Waals surface area contributed by atoms with Gasteiger partial charge < -0.3 is 16.0 Å². The van der Waals surface area contributed by atoms with Crippen molar-refractivity contribution < 1.29 is 4.79 Å². The Labute approximate surface area is 128 Å². The highest BCUT2D eigenvalue weighted by Gasteiger charge is 2.16. The number of nitrogens with one attached hydrogen (secondary N) is 1. The van der Waals surface area contributed by atoms with Gasteiger partial charge in [-0.1, -0.05) is 22.4 Å². The zero-order valence-electron chi connectivity index (χ0n) is 11.9. The van der Waals surface area contributed by atoms with Crippen molar-refractivity contribution in [3.05, 3.63) is 28.2 Å². The Morgan fingerprint density at radius 2 is 2.10 bits per heavy atom. The van der Waals surface area contributed by atoms with Crippen molar-refractivity contribution >= 4 is 27.5 Å². The number of carbonyl (C=O) groups is 1. The van der Waals surface area contributed by atoms with Crippen LogP contribution in [0.4, 0.5) is 5.69 Å². The second kappa shape index (κ2) is 7.09. The second-order valence-electron chi connectivity index (χ2n) is 5.47. The number of piperidine rings is 1. The summed E-state index contributed by atoms with van der Waals surface area (Å²) in [5.41, 5.74) is 6.92. The van der Waals surface area contributed by atoms with Crippen LogP contribution in [0.3, 0.4) is 0 Å². The van der Waals surface area contributed by atoms with Gasteiger partial charge in [0, 0.05) is 22.7 Å². The van der Waals surface area contributed by atoms with Gasteiger partial charge in [0.1, 0.15) is 0 Å². The summed E-state index contributed by atoms with van der Waals surface area (Å²) in [5.74, 6) is -0.0977. The van der Waals surface area contributed by atoms with E-state index in [0.29, 0.717) is 11.3 Å². The molecule has 1 fully saturated rings. The summed E-state index contributed by atoms with van der Waals surface area (Å²) in [6.45, 7) is 5.23. The number of nitrogens with two attached hydrogens (primary N) is 1. The molecule has 1 heterocycles. The van der Waals surface area contributed by atoms with E-state index in [4.69, 9.17) is 5.73 Å². The van der Waals surface area contributed by atoms with Crippen LogP contribution < -0.4 is 11.1 Å². The third-order valence-corrected chi connectivity index (χ3v) is 4.11. The van der Waals surface area contributed by atoms with Crippen LogP contribution >= 0.6 is 15.9 Å². The minimum absolute atomic E-state index is 0.0977. The van der Waals surface area contributed by atoms with Crippen LogP contribution in [0.5, 0.6) is 0 Å². The molecule has 1 aromatic carbocycles. The topological polar surface area (TPSA) is 58.4 Å². The lowest BCUT2D eigenvalue weighted by atomic mass is 10.1. The first-order valence-electron chi connectivity index (χ1n) is 7.14. The predicted molar refractivity (Wildman–Crippen MR) is 85.8 cm³/mol. The Balaban J connectivity index is 1.89. The summed E-state index contributed by atoms with van der Waals surface area (Å²) in [4.78, 5) is 14.6. The zero-order valence-corrected chi connectivity index (χ0v) is 13.4. The molecule has 1 saturated heterocycles. The minimum Gasteiger partial charge on any atom is -0.398 e. The van der Waals surface area contributed by atoms with Gasteiger partial charge in [0.15, 0.2) is 0 Å². The van der Waals surface area contributed by atoms with Gasteiger partial charge in [0.05, 0.1) is 5.56 Å². The Kier molecular flexibility index (Phi) is 5.43. The van der Waals surface area contributed by atoms with Crippen LogP contribution in [0.1, 0.15) is 36.5 Å². The quantitative estimate of drug-likeness (QED) is 0.829. The Bertz CT molecular complexity index is 472. The molecule has 0 spiro atoms. The SMILES string of the molecule is CC(CN1CCCCC1)NC(=O)c1ccc(Br)cc1N. The average molecular weight is 340 g/mol. The number of carbonyl (C=O) groups excluding carboxylic acids is 1. The molecule has 0 aromatic heterocycles. The van der Waals surface area contributed by atoms with Crippen molar-refractivity contribution in [3.8, 4) is 0 Å². The summed E-state index contributed by atoms with van der Waals surface area (Å²) < 4.78 is 0.882. The maximum atomic E-state index is 12.2. The van der Waals surface area contributed by atoms with E-state index in [1.165, 1.54) is 19.3 Å². The molecule has 1 atom stereocenters. The number of rotatable bonds is 4. The van der Waals surface area contributed by atoms with Gasteiger partial charge in [-0.25, -0.2) is 0 Å². The number of anilines is 1. The highest BCUT2D eigenvalue weighted by Crippen LogP contribution is 2.18. The van der Waals surface area contributed by atoms with E-state index in [1.807, 2.05) is 13.0 Å². The van der Waals surface area contributed by atoms with Crippen LogP contribution in [0, 0.1) is 0 Å². The normalized spacial score (nSPS) is 17.7. The highest BCUT2D eigenvalue weighted by atomic mass is 79.9. The summed E-state index contributed by atoms with van der Waals surface area (Å²) in [5, 5.41) is 3.03. The zero-order chi connectivity index (χ0) is 14.5. The molecule has 110 valence electrons. The molecule has 1 aromatic rings. The molecule has 0 radical (unpaired) electrons. The highest BCUT2D eigenvalue weighted by molar-refractivity contribution is 9.10. The number of hydrogen-bond donors (Lipinski definition) is 2. The molecule has 1 aliphatic heterocycles. The molecule has 0 saturated carbocycles. The van der Waals surface area contributed by atoms with E-state index < -0.39 is 0 Å². The van der Waals surface area contributed by atoms with Crippen molar-refractivity contribution in [1.29, 1.82) is 0 Å². The lowest BCUT2D eigenvalue weighted by Crippen LogP contribution is -2.43. The van der Waals surface area contributed by atoms with Crippen LogP contribution in [0.2, 0.25) is 0 Å². The fourth-order valence-corrected chi connectivity index (χ4v) is 3.00.